The second-order valence-corrected chi connectivity index (χ2v) is 4.83. The van der Waals surface area contributed by atoms with Crippen molar-refractivity contribution in [3.05, 3.63) is 40.7 Å². The Morgan fingerprint density at radius 1 is 1.53 bits per heavy atom. The number of benzene rings is 1. The molecule has 0 aliphatic carbocycles. The van der Waals surface area contributed by atoms with Crippen LogP contribution in [0.4, 0.5) is 4.39 Å². The number of halogens is 2. The minimum Gasteiger partial charge on any atom is -0.486 e. The second-order valence-electron chi connectivity index (χ2n) is 4.61. The zero-order chi connectivity index (χ0) is 14.3. The van der Waals surface area contributed by atoms with Crippen LogP contribution in [0.15, 0.2) is 29.3 Å². The van der Waals surface area contributed by atoms with Crippen LogP contribution in [0.2, 0.25) is 0 Å². The van der Waals surface area contributed by atoms with Crippen molar-refractivity contribution in [1.29, 1.82) is 0 Å². The van der Waals surface area contributed by atoms with Gasteiger partial charge in [0, 0.05) is 11.6 Å². The molecule has 0 aliphatic rings. The Kier molecular flexibility index (Phi) is 6.89. The summed E-state index contributed by atoms with van der Waals surface area (Å²) < 4.78 is 19.2. The standard InChI is InChI=1S/C15H21ClFNO/c1-4-7-18-12(3)13-5-6-15(14(17)8-13)19-10-11(2)9-16/h5-6,8-9,12,18H,4,7,10H2,1-3H3/b11-9+. The summed E-state index contributed by atoms with van der Waals surface area (Å²) in [4.78, 5) is 0. The van der Waals surface area contributed by atoms with Crippen LogP contribution >= 0.6 is 11.6 Å². The molecule has 1 unspecified atom stereocenters. The third-order valence-corrected chi connectivity index (χ3v) is 3.17. The van der Waals surface area contributed by atoms with Gasteiger partial charge in [-0.1, -0.05) is 24.6 Å². The van der Waals surface area contributed by atoms with Gasteiger partial charge in [0.1, 0.15) is 6.61 Å². The summed E-state index contributed by atoms with van der Waals surface area (Å²) in [7, 11) is 0. The van der Waals surface area contributed by atoms with Gasteiger partial charge in [-0.2, -0.15) is 0 Å². The fourth-order valence-electron chi connectivity index (χ4n) is 1.61. The molecule has 0 amide bonds. The molecule has 1 aromatic carbocycles. The Balaban J connectivity index is 2.68. The fourth-order valence-corrected chi connectivity index (χ4v) is 1.67. The molecule has 0 aromatic heterocycles. The van der Waals surface area contributed by atoms with E-state index in [0.717, 1.165) is 24.1 Å². The van der Waals surface area contributed by atoms with Gasteiger partial charge < -0.3 is 10.1 Å². The molecule has 0 fully saturated rings. The lowest BCUT2D eigenvalue weighted by atomic mass is 10.1. The highest BCUT2D eigenvalue weighted by Crippen LogP contribution is 2.22. The van der Waals surface area contributed by atoms with E-state index in [4.69, 9.17) is 16.3 Å². The first-order valence-electron chi connectivity index (χ1n) is 6.50. The lowest BCUT2D eigenvalue weighted by molar-refractivity contribution is 0.332. The molecular weight excluding hydrogens is 265 g/mol. The Bertz CT molecular complexity index is 434. The van der Waals surface area contributed by atoms with Crippen LogP contribution in [-0.4, -0.2) is 13.2 Å². The Labute approximate surface area is 119 Å². The number of nitrogens with one attached hydrogen (secondary N) is 1. The summed E-state index contributed by atoms with van der Waals surface area (Å²) in [5, 5.41) is 3.32. The average molecular weight is 286 g/mol. The van der Waals surface area contributed by atoms with Crippen molar-refractivity contribution in [1.82, 2.24) is 5.32 Å². The number of rotatable bonds is 7. The largest absolute Gasteiger partial charge is 0.486 e. The molecule has 1 atom stereocenters. The van der Waals surface area contributed by atoms with E-state index in [2.05, 4.69) is 12.2 Å². The van der Waals surface area contributed by atoms with Gasteiger partial charge in [0.05, 0.1) is 0 Å². The van der Waals surface area contributed by atoms with Gasteiger partial charge in [-0.15, -0.1) is 0 Å². The summed E-state index contributed by atoms with van der Waals surface area (Å²) in [6.45, 7) is 7.16. The van der Waals surface area contributed by atoms with Gasteiger partial charge in [0.2, 0.25) is 0 Å². The van der Waals surface area contributed by atoms with Crippen molar-refractivity contribution in [2.24, 2.45) is 0 Å². The van der Waals surface area contributed by atoms with Crippen LogP contribution in [0.25, 0.3) is 0 Å². The van der Waals surface area contributed by atoms with E-state index in [-0.39, 0.29) is 17.6 Å². The van der Waals surface area contributed by atoms with Crippen molar-refractivity contribution >= 4 is 11.6 Å². The van der Waals surface area contributed by atoms with Gasteiger partial charge in [0.15, 0.2) is 11.6 Å². The molecule has 1 aromatic rings. The fraction of sp³-hybridized carbons (Fsp3) is 0.467. The third-order valence-electron chi connectivity index (χ3n) is 2.80. The van der Waals surface area contributed by atoms with Crippen LogP contribution < -0.4 is 10.1 Å². The van der Waals surface area contributed by atoms with E-state index in [9.17, 15) is 4.39 Å². The van der Waals surface area contributed by atoms with E-state index in [1.54, 1.807) is 6.07 Å². The molecule has 0 aliphatic heterocycles. The number of hydrogen-bond acceptors (Lipinski definition) is 2. The molecule has 0 saturated carbocycles. The van der Waals surface area contributed by atoms with Crippen LogP contribution in [0, 0.1) is 5.82 Å². The summed E-state index contributed by atoms with van der Waals surface area (Å²) in [5.41, 5.74) is 3.20. The zero-order valence-corrected chi connectivity index (χ0v) is 12.4. The van der Waals surface area contributed by atoms with Gasteiger partial charge >= 0.3 is 0 Å². The number of hydrogen-bond donors (Lipinski definition) is 1. The first kappa shape index (κ1) is 16.0. The van der Waals surface area contributed by atoms with Gasteiger partial charge in [-0.3, -0.25) is 0 Å². The molecule has 1 rings (SSSR count). The molecule has 106 valence electrons. The summed E-state index contributed by atoms with van der Waals surface area (Å²) in [6.07, 6.45) is 1.05. The first-order chi connectivity index (χ1) is 9.08. The zero-order valence-electron chi connectivity index (χ0n) is 11.7. The van der Waals surface area contributed by atoms with Crippen molar-refractivity contribution in [2.45, 2.75) is 33.2 Å². The molecule has 1 N–H and O–H groups in total. The lowest BCUT2D eigenvalue weighted by Crippen LogP contribution is -2.19. The highest BCUT2D eigenvalue weighted by atomic mass is 35.5. The summed E-state index contributed by atoms with van der Waals surface area (Å²) in [6, 6.07) is 5.19. The molecule has 0 bridgehead atoms. The minimum atomic E-state index is -0.343. The topological polar surface area (TPSA) is 21.3 Å². The van der Waals surface area contributed by atoms with Crippen LogP contribution in [0.5, 0.6) is 5.75 Å². The normalized spacial score (nSPS) is 13.4. The van der Waals surface area contributed by atoms with Gasteiger partial charge in [0.25, 0.3) is 0 Å². The number of ether oxygens (including phenoxy) is 1. The molecule has 19 heavy (non-hydrogen) atoms. The molecule has 0 spiro atoms. The smallest absolute Gasteiger partial charge is 0.165 e. The van der Waals surface area contributed by atoms with Crippen LogP contribution in [0.3, 0.4) is 0 Å². The lowest BCUT2D eigenvalue weighted by Gasteiger charge is -2.15. The highest BCUT2D eigenvalue weighted by molar-refractivity contribution is 6.25. The SMILES string of the molecule is CCCNC(C)c1ccc(OC/C(C)=C/Cl)c(F)c1. The molecule has 0 heterocycles. The molecule has 2 nitrogen and oxygen atoms in total. The average Bonchev–Trinajstić information content (AvgIpc) is 2.42. The second kappa shape index (κ2) is 8.18. The summed E-state index contributed by atoms with van der Waals surface area (Å²) >= 11 is 5.53. The van der Waals surface area contributed by atoms with Crippen LogP contribution in [-0.2, 0) is 0 Å². The minimum absolute atomic E-state index is 0.132. The van der Waals surface area contributed by atoms with Crippen molar-refractivity contribution in [3.8, 4) is 5.75 Å². The predicted octanol–water partition coefficient (Wildman–Crippen LogP) is 4.41. The summed E-state index contributed by atoms with van der Waals surface area (Å²) in [5.74, 6) is -0.0886. The van der Waals surface area contributed by atoms with Crippen molar-refractivity contribution in [2.75, 3.05) is 13.2 Å². The maximum atomic E-state index is 13.9. The van der Waals surface area contributed by atoms with Crippen molar-refractivity contribution in [3.63, 3.8) is 0 Å². The Morgan fingerprint density at radius 3 is 2.84 bits per heavy atom. The van der Waals surface area contributed by atoms with E-state index in [0.29, 0.717) is 6.61 Å². The first-order valence-corrected chi connectivity index (χ1v) is 6.93. The van der Waals surface area contributed by atoms with Gasteiger partial charge in [-0.25, -0.2) is 4.39 Å². The molecule has 0 saturated heterocycles. The Morgan fingerprint density at radius 2 is 2.26 bits per heavy atom. The van der Waals surface area contributed by atoms with E-state index < -0.39 is 0 Å². The maximum absolute atomic E-state index is 13.9. The monoisotopic (exact) mass is 285 g/mol. The predicted molar refractivity (Wildman–Crippen MR) is 78.2 cm³/mol. The van der Waals surface area contributed by atoms with E-state index >= 15 is 0 Å². The highest BCUT2D eigenvalue weighted by Gasteiger charge is 2.09. The molecular formula is C15H21ClFNO. The van der Waals surface area contributed by atoms with E-state index in [1.165, 1.54) is 11.6 Å². The van der Waals surface area contributed by atoms with Crippen molar-refractivity contribution < 1.29 is 9.13 Å². The van der Waals surface area contributed by atoms with Crippen LogP contribution in [0.1, 0.15) is 38.8 Å². The maximum Gasteiger partial charge on any atom is 0.165 e. The van der Waals surface area contributed by atoms with E-state index in [1.807, 2.05) is 19.9 Å². The molecule has 4 heteroatoms. The Hall–Kier alpha value is -1.06. The molecule has 0 radical (unpaired) electrons. The van der Waals surface area contributed by atoms with Gasteiger partial charge in [-0.05, 0) is 50.1 Å². The third kappa shape index (κ3) is 5.21. The quantitative estimate of drug-likeness (QED) is 0.801.